The molecule has 1 atom stereocenters. The fourth-order valence-corrected chi connectivity index (χ4v) is 2.12. The minimum atomic E-state index is -0.385. The summed E-state index contributed by atoms with van der Waals surface area (Å²) in [6.07, 6.45) is 3.64. The number of carbonyl (C=O) groups is 1. The lowest BCUT2D eigenvalue weighted by Crippen LogP contribution is -2.48. The number of amides is 1. The fourth-order valence-electron chi connectivity index (χ4n) is 2.12. The largest absolute Gasteiger partial charge is 0.385 e. The molecule has 0 saturated carbocycles. The first-order valence-electron chi connectivity index (χ1n) is 6.25. The van der Waals surface area contributed by atoms with Crippen molar-refractivity contribution in [3.05, 3.63) is 0 Å². The van der Waals surface area contributed by atoms with Gasteiger partial charge in [-0.15, -0.1) is 0 Å². The highest BCUT2D eigenvalue weighted by Crippen LogP contribution is 2.14. The molecule has 0 bridgehead atoms. The normalized spacial score (nSPS) is 19.4. The molecule has 1 unspecified atom stereocenters. The molecule has 0 radical (unpaired) electrons. The van der Waals surface area contributed by atoms with E-state index in [9.17, 15) is 4.79 Å². The molecule has 1 rings (SSSR count). The van der Waals surface area contributed by atoms with Crippen LogP contribution in [-0.2, 0) is 14.3 Å². The first-order chi connectivity index (χ1) is 8.19. The Morgan fingerprint density at radius 1 is 1.41 bits per heavy atom. The van der Waals surface area contributed by atoms with Crippen LogP contribution in [0.15, 0.2) is 0 Å². The van der Waals surface area contributed by atoms with Crippen LogP contribution in [0.25, 0.3) is 0 Å². The summed E-state index contributed by atoms with van der Waals surface area (Å²) >= 11 is 0. The molecule has 5 nitrogen and oxygen atoms in total. The van der Waals surface area contributed by atoms with Gasteiger partial charge in [-0.2, -0.15) is 0 Å². The van der Waals surface area contributed by atoms with E-state index in [2.05, 4.69) is 0 Å². The Morgan fingerprint density at radius 3 is 2.59 bits per heavy atom. The molecule has 2 N–H and O–H groups in total. The molecule has 0 aliphatic carbocycles. The standard InChI is InChI=1S/C12H24N2O3/c1-16-9-3-4-11(13)12(15)14-7-5-10(17-2)6-8-14/h10-11H,3-9,13H2,1-2H3. The summed E-state index contributed by atoms with van der Waals surface area (Å²) in [4.78, 5) is 13.9. The minimum Gasteiger partial charge on any atom is -0.385 e. The second kappa shape index (κ2) is 7.63. The molecular weight excluding hydrogens is 220 g/mol. The summed E-state index contributed by atoms with van der Waals surface area (Å²) in [7, 11) is 3.38. The van der Waals surface area contributed by atoms with Crippen molar-refractivity contribution in [2.24, 2.45) is 5.73 Å². The monoisotopic (exact) mass is 244 g/mol. The van der Waals surface area contributed by atoms with Gasteiger partial charge in [0.2, 0.25) is 5.91 Å². The third kappa shape index (κ3) is 4.61. The summed E-state index contributed by atoms with van der Waals surface area (Å²) in [5, 5.41) is 0. The van der Waals surface area contributed by atoms with Crippen molar-refractivity contribution in [2.75, 3.05) is 33.9 Å². The maximum absolute atomic E-state index is 12.0. The Morgan fingerprint density at radius 2 is 2.06 bits per heavy atom. The van der Waals surface area contributed by atoms with E-state index in [0.717, 1.165) is 32.4 Å². The van der Waals surface area contributed by atoms with E-state index in [-0.39, 0.29) is 11.9 Å². The highest BCUT2D eigenvalue weighted by molar-refractivity contribution is 5.81. The van der Waals surface area contributed by atoms with Crippen LogP contribution in [0.3, 0.4) is 0 Å². The number of hydrogen-bond donors (Lipinski definition) is 1. The predicted molar refractivity (Wildman–Crippen MR) is 65.7 cm³/mol. The van der Waals surface area contributed by atoms with Gasteiger partial charge >= 0.3 is 0 Å². The number of ether oxygens (including phenoxy) is 2. The van der Waals surface area contributed by atoms with Crippen LogP contribution in [-0.4, -0.2) is 56.9 Å². The van der Waals surface area contributed by atoms with Gasteiger partial charge in [0.25, 0.3) is 0 Å². The van der Waals surface area contributed by atoms with Crippen molar-refractivity contribution < 1.29 is 14.3 Å². The number of nitrogens with zero attached hydrogens (tertiary/aromatic N) is 1. The fraction of sp³-hybridized carbons (Fsp3) is 0.917. The SMILES string of the molecule is COCCCC(N)C(=O)N1CCC(OC)CC1. The van der Waals surface area contributed by atoms with Crippen molar-refractivity contribution in [2.45, 2.75) is 37.8 Å². The van der Waals surface area contributed by atoms with Crippen LogP contribution in [0.5, 0.6) is 0 Å². The molecule has 0 aromatic heterocycles. The first kappa shape index (κ1) is 14.4. The van der Waals surface area contributed by atoms with Crippen molar-refractivity contribution in [3.8, 4) is 0 Å². The Kier molecular flexibility index (Phi) is 6.47. The maximum atomic E-state index is 12.0. The number of rotatable bonds is 6. The van der Waals surface area contributed by atoms with Crippen molar-refractivity contribution >= 4 is 5.91 Å². The topological polar surface area (TPSA) is 64.8 Å². The van der Waals surface area contributed by atoms with Gasteiger partial charge in [-0.25, -0.2) is 0 Å². The number of carbonyl (C=O) groups excluding carboxylic acids is 1. The third-order valence-electron chi connectivity index (χ3n) is 3.27. The lowest BCUT2D eigenvalue weighted by Gasteiger charge is -2.32. The minimum absolute atomic E-state index is 0.0654. The number of nitrogens with two attached hydrogens (primary N) is 1. The molecule has 1 aliphatic rings. The van der Waals surface area contributed by atoms with Crippen LogP contribution in [0.2, 0.25) is 0 Å². The molecule has 1 saturated heterocycles. The van der Waals surface area contributed by atoms with Crippen molar-refractivity contribution in [3.63, 3.8) is 0 Å². The number of hydrogen-bond acceptors (Lipinski definition) is 4. The van der Waals surface area contributed by atoms with Gasteiger partial charge in [0, 0.05) is 33.9 Å². The molecule has 1 heterocycles. The zero-order chi connectivity index (χ0) is 12.7. The van der Waals surface area contributed by atoms with Gasteiger partial charge in [-0.05, 0) is 25.7 Å². The lowest BCUT2D eigenvalue weighted by molar-refractivity contribution is -0.135. The third-order valence-corrected chi connectivity index (χ3v) is 3.27. The van der Waals surface area contributed by atoms with Crippen LogP contribution in [0.1, 0.15) is 25.7 Å². The summed E-state index contributed by atoms with van der Waals surface area (Å²) < 4.78 is 10.2. The van der Waals surface area contributed by atoms with Crippen molar-refractivity contribution in [1.29, 1.82) is 0 Å². The zero-order valence-electron chi connectivity index (χ0n) is 10.9. The van der Waals surface area contributed by atoms with Gasteiger partial charge in [-0.1, -0.05) is 0 Å². The van der Waals surface area contributed by atoms with Gasteiger partial charge in [-0.3, -0.25) is 4.79 Å². The summed E-state index contributed by atoms with van der Waals surface area (Å²) in [5.41, 5.74) is 5.88. The smallest absolute Gasteiger partial charge is 0.239 e. The zero-order valence-corrected chi connectivity index (χ0v) is 10.9. The Bertz CT molecular complexity index is 228. The van der Waals surface area contributed by atoms with Crippen LogP contribution in [0.4, 0.5) is 0 Å². The molecule has 0 aromatic carbocycles. The van der Waals surface area contributed by atoms with Crippen LogP contribution in [0, 0.1) is 0 Å². The van der Waals surface area contributed by atoms with Crippen LogP contribution >= 0.6 is 0 Å². The Labute approximate surface area is 103 Å². The number of methoxy groups -OCH3 is 2. The van der Waals surface area contributed by atoms with Gasteiger partial charge in [0.1, 0.15) is 0 Å². The number of piperidine rings is 1. The number of likely N-dealkylation sites (tertiary alicyclic amines) is 1. The average Bonchev–Trinajstić information content (AvgIpc) is 2.38. The summed E-state index contributed by atoms with van der Waals surface area (Å²) in [6.45, 7) is 2.18. The summed E-state index contributed by atoms with van der Waals surface area (Å²) in [5.74, 6) is 0.0654. The predicted octanol–water partition coefficient (Wildman–Crippen LogP) is 0.378. The van der Waals surface area contributed by atoms with E-state index in [1.807, 2.05) is 4.90 Å². The van der Waals surface area contributed by atoms with E-state index in [4.69, 9.17) is 15.2 Å². The van der Waals surface area contributed by atoms with E-state index in [1.165, 1.54) is 0 Å². The molecule has 0 spiro atoms. The Balaban J connectivity index is 2.27. The second-order valence-electron chi connectivity index (χ2n) is 4.50. The first-order valence-corrected chi connectivity index (χ1v) is 6.25. The molecule has 100 valence electrons. The van der Waals surface area contributed by atoms with Gasteiger partial charge in [0.05, 0.1) is 12.1 Å². The maximum Gasteiger partial charge on any atom is 0.239 e. The van der Waals surface area contributed by atoms with E-state index >= 15 is 0 Å². The van der Waals surface area contributed by atoms with E-state index < -0.39 is 0 Å². The van der Waals surface area contributed by atoms with Gasteiger partial charge in [0.15, 0.2) is 0 Å². The van der Waals surface area contributed by atoms with E-state index in [0.29, 0.717) is 19.1 Å². The molecule has 1 amide bonds. The molecule has 17 heavy (non-hydrogen) atoms. The van der Waals surface area contributed by atoms with Gasteiger partial charge < -0.3 is 20.1 Å². The van der Waals surface area contributed by atoms with Crippen molar-refractivity contribution in [1.82, 2.24) is 4.90 Å². The highest BCUT2D eigenvalue weighted by atomic mass is 16.5. The van der Waals surface area contributed by atoms with E-state index in [1.54, 1.807) is 14.2 Å². The van der Waals surface area contributed by atoms with Crippen LogP contribution < -0.4 is 5.73 Å². The highest BCUT2D eigenvalue weighted by Gasteiger charge is 2.25. The Hall–Kier alpha value is -0.650. The average molecular weight is 244 g/mol. The quantitative estimate of drug-likeness (QED) is 0.686. The molecule has 5 heteroatoms. The molecular formula is C12H24N2O3. The lowest BCUT2D eigenvalue weighted by atomic mass is 10.1. The molecule has 1 aliphatic heterocycles. The molecule has 0 aromatic rings. The second-order valence-corrected chi connectivity index (χ2v) is 4.50. The molecule has 1 fully saturated rings. The summed E-state index contributed by atoms with van der Waals surface area (Å²) in [6, 6.07) is -0.385.